The van der Waals surface area contributed by atoms with Crippen LogP contribution in [0.25, 0.3) is 0 Å². The van der Waals surface area contributed by atoms with E-state index >= 15 is 0 Å². The van der Waals surface area contributed by atoms with E-state index in [2.05, 4.69) is 20.3 Å². The van der Waals surface area contributed by atoms with Crippen LogP contribution in [-0.4, -0.2) is 57.5 Å². The minimum atomic E-state index is -0.450. The fourth-order valence-corrected chi connectivity index (χ4v) is 3.11. The van der Waals surface area contributed by atoms with Crippen molar-refractivity contribution in [3.05, 3.63) is 11.6 Å². The average molecular weight is 337 g/mol. The summed E-state index contributed by atoms with van der Waals surface area (Å²) in [4.78, 5) is 18.5. The molecule has 24 heavy (non-hydrogen) atoms. The van der Waals surface area contributed by atoms with Crippen LogP contribution >= 0.6 is 0 Å². The highest BCUT2D eigenvalue weighted by Crippen LogP contribution is 2.18. The maximum absolute atomic E-state index is 11.7. The topological polar surface area (TPSA) is 72.3 Å². The summed E-state index contributed by atoms with van der Waals surface area (Å²) < 4.78 is 7.27. The van der Waals surface area contributed by atoms with E-state index in [4.69, 9.17) is 4.74 Å². The SMILES string of the molecule is Cc1nc(C)n(C[C@@H]2CCCN(CCNC(=O)OC(C)(C)C)C2)n1. The van der Waals surface area contributed by atoms with Crippen LogP contribution in [0.1, 0.15) is 45.3 Å². The van der Waals surface area contributed by atoms with Gasteiger partial charge in [0.2, 0.25) is 0 Å². The first-order chi connectivity index (χ1) is 11.2. The number of piperidine rings is 1. The summed E-state index contributed by atoms with van der Waals surface area (Å²) in [7, 11) is 0. The number of aryl methyl sites for hydroxylation is 2. The summed E-state index contributed by atoms with van der Waals surface area (Å²) in [5, 5.41) is 7.30. The quantitative estimate of drug-likeness (QED) is 0.891. The molecule has 0 saturated carbocycles. The van der Waals surface area contributed by atoms with Crippen molar-refractivity contribution in [3.63, 3.8) is 0 Å². The van der Waals surface area contributed by atoms with Crippen LogP contribution in [0.5, 0.6) is 0 Å². The first kappa shape index (κ1) is 18.7. The van der Waals surface area contributed by atoms with Gasteiger partial charge in [0.05, 0.1) is 0 Å². The fraction of sp³-hybridized carbons (Fsp3) is 0.824. The van der Waals surface area contributed by atoms with Crippen LogP contribution in [0.2, 0.25) is 0 Å². The molecule has 1 atom stereocenters. The molecule has 0 aromatic carbocycles. The Balaban J connectivity index is 1.73. The number of nitrogens with one attached hydrogen (secondary N) is 1. The summed E-state index contributed by atoms with van der Waals surface area (Å²) in [6, 6.07) is 0. The second-order valence-electron chi connectivity index (χ2n) is 7.63. The van der Waals surface area contributed by atoms with Crippen molar-refractivity contribution in [1.82, 2.24) is 25.0 Å². The van der Waals surface area contributed by atoms with E-state index in [9.17, 15) is 4.79 Å². The predicted molar refractivity (Wildman–Crippen MR) is 92.9 cm³/mol. The lowest BCUT2D eigenvalue weighted by molar-refractivity contribution is 0.0517. The molecule has 1 aliphatic heterocycles. The Morgan fingerprint density at radius 1 is 1.38 bits per heavy atom. The number of alkyl carbamates (subject to hydrolysis) is 1. The number of ether oxygens (including phenoxy) is 1. The number of rotatable bonds is 5. The smallest absolute Gasteiger partial charge is 0.407 e. The number of hydrogen-bond donors (Lipinski definition) is 1. The summed E-state index contributed by atoms with van der Waals surface area (Å²) in [6.45, 7) is 14.1. The van der Waals surface area contributed by atoms with Gasteiger partial charge >= 0.3 is 6.09 Å². The second kappa shape index (κ2) is 7.96. The van der Waals surface area contributed by atoms with Gasteiger partial charge in [0, 0.05) is 26.2 Å². The van der Waals surface area contributed by atoms with E-state index in [1.807, 2.05) is 39.3 Å². The number of amides is 1. The molecule has 2 rings (SSSR count). The van der Waals surface area contributed by atoms with Gasteiger partial charge in [-0.2, -0.15) is 5.10 Å². The molecule has 1 amide bonds. The fourth-order valence-electron chi connectivity index (χ4n) is 3.11. The summed E-state index contributed by atoms with van der Waals surface area (Å²) in [5.41, 5.74) is -0.450. The molecule has 2 heterocycles. The highest BCUT2D eigenvalue weighted by Gasteiger charge is 2.22. The first-order valence-corrected chi connectivity index (χ1v) is 8.80. The molecule has 1 fully saturated rings. The van der Waals surface area contributed by atoms with Gasteiger partial charge in [0.25, 0.3) is 0 Å². The van der Waals surface area contributed by atoms with Crippen LogP contribution in [0, 0.1) is 19.8 Å². The Labute approximate surface area is 144 Å². The molecule has 1 aromatic heterocycles. The molecule has 1 N–H and O–H groups in total. The number of carbonyl (C=O) groups excluding carboxylic acids is 1. The third-order valence-corrected chi connectivity index (χ3v) is 4.09. The van der Waals surface area contributed by atoms with Gasteiger partial charge in [-0.3, -0.25) is 0 Å². The molecular weight excluding hydrogens is 306 g/mol. The predicted octanol–water partition coefficient (Wildman–Crippen LogP) is 2.13. The van der Waals surface area contributed by atoms with Crippen molar-refractivity contribution in [3.8, 4) is 0 Å². The van der Waals surface area contributed by atoms with Gasteiger partial charge < -0.3 is 15.0 Å². The molecule has 1 aliphatic rings. The Morgan fingerprint density at radius 2 is 2.12 bits per heavy atom. The number of likely N-dealkylation sites (tertiary alicyclic amines) is 1. The van der Waals surface area contributed by atoms with Crippen molar-refractivity contribution in [2.75, 3.05) is 26.2 Å². The number of aromatic nitrogens is 3. The molecule has 0 spiro atoms. The summed E-state index contributed by atoms with van der Waals surface area (Å²) in [6.07, 6.45) is 2.06. The van der Waals surface area contributed by atoms with Gasteiger partial charge in [-0.25, -0.2) is 14.5 Å². The third-order valence-electron chi connectivity index (χ3n) is 4.09. The largest absolute Gasteiger partial charge is 0.444 e. The van der Waals surface area contributed by atoms with E-state index in [0.29, 0.717) is 12.5 Å². The van der Waals surface area contributed by atoms with E-state index in [1.54, 1.807) is 0 Å². The Hall–Kier alpha value is -1.63. The zero-order chi connectivity index (χ0) is 17.7. The van der Waals surface area contributed by atoms with E-state index in [1.165, 1.54) is 12.8 Å². The van der Waals surface area contributed by atoms with Gasteiger partial charge in [0.15, 0.2) is 0 Å². The molecule has 136 valence electrons. The molecule has 0 aliphatic carbocycles. The highest BCUT2D eigenvalue weighted by molar-refractivity contribution is 5.67. The van der Waals surface area contributed by atoms with Gasteiger partial charge in [-0.05, 0) is 59.9 Å². The lowest BCUT2D eigenvalue weighted by atomic mass is 9.98. The first-order valence-electron chi connectivity index (χ1n) is 8.80. The number of hydrogen-bond acceptors (Lipinski definition) is 5. The molecule has 7 heteroatoms. The average Bonchev–Trinajstić information content (AvgIpc) is 2.75. The molecule has 1 saturated heterocycles. The summed E-state index contributed by atoms with van der Waals surface area (Å²) >= 11 is 0. The molecule has 0 unspecified atom stereocenters. The maximum atomic E-state index is 11.7. The van der Waals surface area contributed by atoms with Crippen molar-refractivity contribution in [2.24, 2.45) is 5.92 Å². The Kier molecular flexibility index (Phi) is 6.21. The van der Waals surface area contributed by atoms with Crippen LogP contribution in [0.15, 0.2) is 0 Å². The standard InChI is InChI=1S/C17H31N5O2/c1-13-19-14(2)22(20-13)12-15-7-6-9-21(11-15)10-8-18-16(23)24-17(3,4)5/h15H,6-12H2,1-5H3,(H,18,23)/t15-/m1/s1. The normalized spacial score (nSPS) is 19.3. The van der Waals surface area contributed by atoms with Crippen LogP contribution in [0.4, 0.5) is 4.79 Å². The molecular formula is C17H31N5O2. The lowest BCUT2D eigenvalue weighted by Crippen LogP contribution is -2.42. The molecule has 0 radical (unpaired) electrons. The minimum Gasteiger partial charge on any atom is -0.444 e. The Bertz CT molecular complexity index is 550. The number of nitrogens with zero attached hydrogens (tertiary/aromatic N) is 4. The summed E-state index contributed by atoms with van der Waals surface area (Å²) in [5.74, 6) is 2.40. The molecule has 7 nitrogen and oxygen atoms in total. The molecule has 0 bridgehead atoms. The zero-order valence-corrected chi connectivity index (χ0v) is 15.6. The minimum absolute atomic E-state index is 0.343. The van der Waals surface area contributed by atoms with Crippen molar-refractivity contribution in [1.29, 1.82) is 0 Å². The number of carbonyl (C=O) groups is 1. The van der Waals surface area contributed by atoms with Crippen molar-refractivity contribution >= 4 is 6.09 Å². The van der Waals surface area contributed by atoms with E-state index in [-0.39, 0.29) is 6.09 Å². The van der Waals surface area contributed by atoms with E-state index in [0.717, 1.165) is 37.8 Å². The zero-order valence-electron chi connectivity index (χ0n) is 15.6. The van der Waals surface area contributed by atoms with E-state index < -0.39 is 5.60 Å². The maximum Gasteiger partial charge on any atom is 0.407 e. The van der Waals surface area contributed by atoms with Crippen LogP contribution in [-0.2, 0) is 11.3 Å². The van der Waals surface area contributed by atoms with Gasteiger partial charge in [-0.1, -0.05) is 0 Å². The second-order valence-corrected chi connectivity index (χ2v) is 7.63. The lowest BCUT2D eigenvalue weighted by Gasteiger charge is -2.32. The Morgan fingerprint density at radius 3 is 2.75 bits per heavy atom. The van der Waals surface area contributed by atoms with Gasteiger partial charge in [-0.15, -0.1) is 0 Å². The monoisotopic (exact) mass is 337 g/mol. The van der Waals surface area contributed by atoms with Gasteiger partial charge in [0.1, 0.15) is 17.2 Å². The third kappa shape index (κ3) is 6.11. The van der Waals surface area contributed by atoms with Crippen LogP contribution in [0.3, 0.4) is 0 Å². The van der Waals surface area contributed by atoms with Crippen molar-refractivity contribution in [2.45, 2.75) is 59.6 Å². The van der Waals surface area contributed by atoms with Crippen LogP contribution < -0.4 is 5.32 Å². The highest BCUT2D eigenvalue weighted by atomic mass is 16.6. The molecule has 1 aromatic rings. The van der Waals surface area contributed by atoms with Crippen molar-refractivity contribution < 1.29 is 9.53 Å².